The third-order valence-electron chi connectivity index (χ3n) is 5.67. The Morgan fingerprint density at radius 1 is 0.966 bits per heavy atom. The van der Waals surface area contributed by atoms with Crippen molar-refractivity contribution < 1.29 is 13.2 Å². The molecule has 1 fully saturated rings. The zero-order valence-electron chi connectivity index (χ0n) is 17.4. The summed E-state index contributed by atoms with van der Waals surface area (Å²) in [6, 6.07) is 12.2. The molecule has 156 valence electrons. The Bertz CT molecular complexity index is 960. The Balaban J connectivity index is 1.77. The first-order valence-corrected chi connectivity index (χ1v) is 11.7. The van der Waals surface area contributed by atoms with Crippen LogP contribution in [0.2, 0.25) is 0 Å². The average Bonchev–Trinajstić information content (AvgIpc) is 2.96. The molecule has 0 heterocycles. The molecule has 0 spiro atoms. The summed E-state index contributed by atoms with van der Waals surface area (Å²) in [6.45, 7) is 3.75. The molecule has 1 aliphatic rings. The van der Waals surface area contributed by atoms with E-state index in [4.69, 9.17) is 0 Å². The lowest BCUT2D eigenvalue weighted by Crippen LogP contribution is -2.34. The van der Waals surface area contributed by atoms with E-state index in [1.165, 1.54) is 17.1 Å². The predicted octanol–water partition coefficient (Wildman–Crippen LogP) is 4.58. The summed E-state index contributed by atoms with van der Waals surface area (Å²) in [5.41, 5.74) is 2.89. The van der Waals surface area contributed by atoms with E-state index < -0.39 is 10.0 Å². The number of hydrogen-bond acceptors (Lipinski definition) is 3. The highest BCUT2D eigenvalue weighted by Gasteiger charge is 2.23. The van der Waals surface area contributed by atoms with Gasteiger partial charge in [-0.25, -0.2) is 8.42 Å². The highest BCUT2D eigenvalue weighted by molar-refractivity contribution is 7.92. The van der Waals surface area contributed by atoms with Gasteiger partial charge in [-0.2, -0.15) is 0 Å². The van der Waals surface area contributed by atoms with Crippen molar-refractivity contribution in [2.75, 3.05) is 11.4 Å². The molecular formula is C23H30N2O3S. The molecule has 29 heavy (non-hydrogen) atoms. The number of carbonyl (C=O) groups is 1. The van der Waals surface area contributed by atoms with Gasteiger partial charge in [-0.15, -0.1) is 0 Å². The van der Waals surface area contributed by atoms with Crippen molar-refractivity contribution in [2.24, 2.45) is 0 Å². The lowest BCUT2D eigenvalue weighted by Gasteiger charge is -2.22. The summed E-state index contributed by atoms with van der Waals surface area (Å²) < 4.78 is 27.2. The minimum Gasteiger partial charge on any atom is -0.349 e. The Kier molecular flexibility index (Phi) is 6.63. The third-order valence-corrected chi connectivity index (χ3v) is 7.45. The van der Waals surface area contributed by atoms with E-state index in [9.17, 15) is 13.2 Å². The van der Waals surface area contributed by atoms with Crippen LogP contribution in [-0.4, -0.2) is 27.4 Å². The molecule has 1 aliphatic carbocycles. The highest BCUT2D eigenvalue weighted by Crippen LogP contribution is 2.26. The van der Waals surface area contributed by atoms with E-state index in [0.29, 0.717) is 11.3 Å². The van der Waals surface area contributed by atoms with E-state index in [0.717, 1.165) is 36.8 Å². The normalized spacial score (nSPS) is 15.6. The van der Waals surface area contributed by atoms with Crippen LogP contribution in [-0.2, 0) is 10.0 Å². The second kappa shape index (κ2) is 8.99. The summed E-state index contributed by atoms with van der Waals surface area (Å²) in [4.78, 5) is 12.9. The molecule has 1 saturated carbocycles. The summed E-state index contributed by atoms with van der Waals surface area (Å²) in [5, 5.41) is 3.14. The fourth-order valence-corrected chi connectivity index (χ4v) is 5.10. The summed E-state index contributed by atoms with van der Waals surface area (Å²) in [6.07, 6.45) is 6.85. The first-order valence-electron chi connectivity index (χ1n) is 10.3. The minimum atomic E-state index is -3.66. The van der Waals surface area contributed by atoms with E-state index >= 15 is 0 Å². The Morgan fingerprint density at radius 2 is 1.59 bits per heavy atom. The molecule has 0 radical (unpaired) electrons. The molecule has 5 nitrogen and oxygen atoms in total. The largest absolute Gasteiger partial charge is 0.349 e. The SMILES string of the molecule is Cc1ccc(S(=O)(=O)N(C)c2ccc(C(=O)NC3CCCCCC3)cc2C)cc1. The third kappa shape index (κ3) is 4.99. The number of benzene rings is 2. The zero-order chi connectivity index (χ0) is 21.0. The number of carbonyl (C=O) groups excluding carboxylic acids is 1. The van der Waals surface area contributed by atoms with Crippen molar-refractivity contribution in [1.29, 1.82) is 0 Å². The van der Waals surface area contributed by atoms with Gasteiger partial charge >= 0.3 is 0 Å². The van der Waals surface area contributed by atoms with Gasteiger partial charge in [-0.05, 0) is 62.6 Å². The molecule has 0 bridgehead atoms. The first-order chi connectivity index (χ1) is 13.8. The van der Waals surface area contributed by atoms with E-state index in [1.54, 1.807) is 49.5 Å². The number of nitrogens with one attached hydrogen (secondary N) is 1. The van der Waals surface area contributed by atoms with Gasteiger partial charge in [-0.3, -0.25) is 9.10 Å². The Hall–Kier alpha value is -2.34. The topological polar surface area (TPSA) is 66.5 Å². The maximum atomic E-state index is 13.0. The monoisotopic (exact) mass is 414 g/mol. The standard InChI is InChI=1S/C23H30N2O3S/c1-17-10-13-21(14-11-17)29(27,28)25(3)22-15-12-19(16-18(22)2)23(26)24-20-8-6-4-5-7-9-20/h10-16,20H,4-9H2,1-3H3,(H,24,26). The summed E-state index contributed by atoms with van der Waals surface area (Å²) in [7, 11) is -2.11. The number of aryl methyl sites for hydroxylation is 2. The van der Waals surface area contributed by atoms with Gasteiger partial charge in [0.25, 0.3) is 15.9 Å². The molecule has 0 aliphatic heterocycles. The van der Waals surface area contributed by atoms with Crippen LogP contribution in [0.25, 0.3) is 0 Å². The van der Waals surface area contributed by atoms with Gasteiger partial charge < -0.3 is 5.32 Å². The van der Waals surface area contributed by atoms with Crippen LogP contribution in [0.15, 0.2) is 47.4 Å². The Labute approximate surface area is 174 Å². The van der Waals surface area contributed by atoms with Crippen LogP contribution < -0.4 is 9.62 Å². The fraction of sp³-hybridized carbons (Fsp3) is 0.435. The van der Waals surface area contributed by atoms with E-state index in [1.807, 2.05) is 13.8 Å². The quantitative estimate of drug-likeness (QED) is 0.728. The zero-order valence-corrected chi connectivity index (χ0v) is 18.3. The fourth-order valence-electron chi connectivity index (χ4n) is 3.84. The second-order valence-corrected chi connectivity index (χ2v) is 9.92. The smallest absolute Gasteiger partial charge is 0.264 e. The van der Waals surface area contributed by atoms with Gasteiger partial charge in [-0.1, -0.05) is 43.4 Å². The van der Waals surface area contributed by atoms with Gasteiger partial charge in [0, 0.05) is 18.7 Å². The first kappa shape index (κ1) is 21.4. The number of nitrogens with zero attached hydrogens (tertiary/aromatic N) is 1. The number of amides is 1. The van der Waals surface area contributed by atoms with E-state index in [2.05, 4.69) is 5.32 Å². The number of sulfonamides is 1. The maximum absolute atomic E-state index is 13.0. The molecule has 0 atom stereocenters. The molecular weight excluding hydrogens is 384 g/mol. The number of rotatable bonds is 5. The predicted molar refractivity (Wildman–Crippen MR) is 117 cm³/mol. The highest BCUT2D eigenvalue weighted by atomic mass is 32.2. The maximum Gasteiger partial charge on any atom is 0.264 e. The second-order valence-electron chi connectivity index (χ2n) is 7.95. The average molecular weight is 415 g/mol. The molecule has 0 aromatic heterocycles. The molecule has 6 heteroatoms. The molecule has 0 saturated heterocycles. The molecule has 2 aromatic carbocycles. The van der Waals surface area contributed by atoms with Crippen LogP contribution >= 0.6 is 0 Å². The van der Waals surface area contributed by atoms with Crippen molar-refractivity contribution in [1.82, 2.24) is 5.32 Å². The molecule has 0 unspecified atom stereocenters. The Morgan fingerprint density at radius 3 is 2.17 bits per heavy atom. The number of anilines is 1. The minimum absolute atomic E-state index is 0.0874. The molecule has 1 N–H and O–H groups in total. The van der Waals surface area contributed by atoms with Crippen molar-refractivity contribution >= 4 is 21.6 Å². The number of hydrogen-bond donors (Lipinski definition) is 1. The lowest BCUT2D eigenvalue weighted by atomic mass is 10.1. The van der Waals surface area contributed by atoms with Crippen LogP contribution in [0, 0.1) is 13.8 Å². The molecule has 1 amide bonds. The lowest BCUT2D eigenvalue weighted by molar-refractivity contribution is 0.0933. The van der Waals surface area contributed by atoms with E-state index in [-0.39, 0.29) is 16.8 Å². The van der Waals surface area contributed by atoms with Crippen LogP contribution in [0.5, 0.6) is 0 Å². The van der Waals surface area contributed by atoms with Crippen LogP contribution in [0.3, 0.4) is 0 Å². The van der Waals surface area contributed by atoms with Crippen molar-refractivity contribution in [3.8, 4) is 0 Å². The molecule has 2 aromatic rings. The van der Waals surface area contributed by atoms with Crippen LogP contribution in [0.1, 0.15) is 60.0 Å². The van der Waals surface area contributed by atoms with Gasteiger partial charge in [0.1, 0.15) is 0 Å². The summed E-state index contributed by atoms with van der Waals surface area (Å²) >= 11 is 0. The van der Waals surface area contributed by atoms with Crippen molar-refractivity contribution in [3.05, 3.63) is 59.2 Å². The van der Waals surface area contributed by atoms with Crippen LogP contribution in [0.4, 0.5) is 5.69 Å². The van der Waals surface area contributed by atoms with Gasteiger partial charge in [0.2, 0.25) is 0 Å². The van der Waals surface area contributed by atoms with Gasteiger partial charge in [0.15, 0.2) is 0 Å². The van der Waals surface area contributed by atoms with Crippen molar-refractivity contribution in [2.45, 2.75) is 63.3 Å². The molecule has 3 rings (SSSR count). The van der Waals surface area contributed by atoms with Gasteiger partial charge in [0.05, 0.1) is 10.6 Å². The summed E-state index contributed by atoms with van der Waals surface area (Å²) in [5.74, 6) is -0.0874. The van der Waals surface area contributed by atoms with Crippen molar-refractivity contribution in [3.63, 3.8) is 0 Å².